The molecule has 0 spiro atoms. The van der Waals surface area contributed by atoms with E-state index in [1.165, 1.54) is 29.0 Å². The van der Waals surface area contributed by atoms with E-state index in [2.05, 4.69) is 26.0 Å². The molecule has 1 nitrogen and oxygen atoms in total. The van der Waals surface area contributed by atoms with Gasteiger partial charge in [0.05, 0.1) is 0 Å². The third-order valence-corrected chi connectivity index (χ3v) is 3.90. The quantitative estimate of drug-likeness (QED) is 0.768. The van der Waals surface area contributed by atoms with Crippen LogP contribution in [0.1, 0.15) is 36.4 Å². The van der Waals surface area contributed by atoms with Crippen LogP contribution in [0.4, 0.5) is 0 Å². The molecule has 0 aliphatic carbocycles. The van der Waals surface area contributed by atoms with Crippen LogP contribution < -0.4 is 5.73 Å². The van der Waals surface area contributed by atoms with E-state index >= 15 is 0 Å². The Balaban J connectivity index is 2.30. The minimum Gasteiger partial charge on any atom is -0.330 e. The second-order valence-electron chi connectivity index (χ2n) is 3.94. The highest BCUT2D eigenvalue weighted by molar-refractivity contribution is 7.11. The molecule has 1 aromatic rings. The molecular formula is C12H21NS. The molecule has 0 aliphatic heterocycles. The van der Waals surface area contributed by atoms with Gasteiger partial charge in [0.15, 0.2) is 0 Å². The molecule has 2 heteroatoms. The van der Waals surface area contributed by atoms with E-state index in [-0.39, 0.29) is 0 Å². The third kappa shape index (κ3) is 3.81. The van der Waals surface area contributed by atoms with Gasteiger partial charge in [0.25, 0.3) is 0 Å². The predicted molar refractivity (Wildman–Crippen MR) is 64.9 cm³/mol. The zero-order chi connectivity index (χ0) is 10.4. The number of nitrogens with two attached hydrogens (primary N) is 1. The lowest BCUT2D eigenvalue weighted by atomic mass is 10.0. The van der Waals surface area contributed by atoms with Crippen LogP contribution in [-0.2, 0) is 12.8 Å². The van der Waals surface area contributed by atoms with Crippen molar-refractivity contribution in [3.05, 3.63) is 21.9 Å². The van der Waals surface area contributed by atoms with Crippen molar-refractivity contribution in [1.82, 2.24) is 0 Å². The second-order valence-corrected chi connectivity index (χ2v) is 5.20. The highest BCUT2D eigenvalue weighted by Crippen LogP contribution is 2.20. The van der Waals surface area contributed by atoms with Gasteiger partial charge in [-0.1, -0.05) is 13.8 Å². The number of rotatable bonds is 6. The summed E-state index contributed by atoms with van der Waals surface area (Å²) in [6.45, 7) is 5.33. The van der Waals surface area contributed by atoms with Gasteiger partial charge in [0.2, 0.25) is 0 Å². The van der Waals surface area contributed by atoms with Gasteiger partial charge in [-0.05, 0) is 50.3 Å². The Bertz CT molecular complexity index is 255. The molecule has 0 aliphatic rings. The molecule has 14 heavy (non-hydrogen) atoms. The van der Waals surface area contributed by atoms with Crippen LogP contribution >= 0.6 is 11.3 Å². The molecule has 1 atom stereocenters. The summed E-state index contributed by atoms with van der Waals surface area (Å²) in [5.74, 6) is 0.771. The van der Waals surface area contributed by atoms with Gasteiger partial charge in [-0.3, -0.25) is 0 Å². The number of thiophene rings is 1. The van der Waals surface area contributed by atoms with Crippen LogP contribution in [0.3, 0.4) is 0 Å². The number of hydrogen-bond acceptors (Lipinski definition) is 2. The second kappa shape index (κ2) is 6.20. The highest BCUT2D eigenvalue weighted by Gasteiger charge is 2.03. The molecule has 1 heterocycles. The smallest absolute Gasteiger partial charge is 0.00482 e. The molecule has 1 aromatic heterocycles. The maximum atomic E-state index is 5.53. The lowest BCUT2D eigenvalue weighted by Crippen LogP contribution is -2.06. The molecule has 2 N–H and O–H groups in total. The maximum Gasteiger partial charge on any atom is 0.00482 e. The van der Waals surface area contributed by atoms with Crippen molar-refractivity contribution in [2.75, 3.05) is 6.54 Å². The Morgan fingerprint density at radius 3 is 2.57 bits per heavy atom. The topological polar surface area (TPSA) is 26.0 Å². The maximum absolute atomic E-state index is 5.53. The standard InChI is InChI=1S/C12H21NS/c1-3-11-6-7-12(14-11)5-4-10(2)8-9-13/h6-7,10H,3-5,8-9,13H2,1-2H3. The Morgan fingerprint density at radius 1 is 1.29 bits per heavy atom. The van der Waals surface area contributed by atoms with Crippen LogP contribution in [-0.4, -0.2) is 6.54 Å². The molecule has 1 rings (SSSR count). The summed E-state index contributed by atoms with van der Waals surface area (Å²) in [4.78, 5) is 3.04. The molecule has 1 unspecified atom stereocenters. The van der Waals surface area contributed by atoms with Crippen LogP contribution in [0.5, 0.6) is 0 Å². The summed E-state index contributed by atoms with van der Waals surface area (Å²) in [6, 6.07) is 4.53. The Hall–Kier alpha value is -0.340. The monoisotopic (exact) mass is 211 g/mol. The van der Waals surface area contributed by atoms with E-state index in [0.29, 0.717) is 0 Å². The summed E-state index contributed by atoms with van der Waals surface area (Å²) >= 11 is 1.96. The lowest BCUT2D eigenvalue weighted by molar-refractivity contribution is 0.501. The van der Waals surface area contributed by atoms with Gasteiger partial charge < -0.3 is 5.73 Å². The van der Waals surface area contributed by atoms with Crippen molar-refractivity contribution < 1.29 is 0 Å². The molecule has 0 radical (unpaired) electrons. The average Bonchev–Trinajstić information content (AvgIpc) is 2.63. The van der Waals surface area contributed by atoms with Crippen molar-refractivity contribution in [3.63, 3.8) is 0 Å². The van der Waals surface area contributed by atoms with E-state index in [1.807, 2.05) is 11.3 Å². The zero-order valence-corrected chi connectivity index (χ0v) is 10.1. The first-order valence-electron chi connectivity index (χ1n) is 5.54. The molecule has 80 valence electrons. The SMILES string of the molecule is CCc1ccc(CCC(C)CCN)s1. The number of aryl methyl sites for hydroxylation is 2. The normalized spacial score (nSPS) is 13.1. The van der Waals surface area contributed by atoms with Crippen molar-refractivity contribution in [3.8, 4) is 0 Å². The van der Waals surface area contributed by atoms with Gasteiger partial charge in [-0.2, -0.15) is 0 Å². The average molecular weight is 211 g/mol. The Kier molecular flexibility index (Phi) is 5.20. The van der Waals surface area contributed by atoms with Crippen molar-refractivity contribution >= 4 is 11.3 Å². The van der Waals surface area contributed by atoms with Gasteiger partial charge >= 0.3 is 0 Å². The van der Waals surface area contributed by atoms with E-state index in [1.54, 1.807) is 0 Å². The molecule has 0 fully saturated rings. The minimum absolute atomic E-state index is 0.771. The minimum atomic E-state index is 0.771. The highest BCUT2D eigenvalue weighted by atomic mass is 32.1. The zero-order valence-electron chi connectivity index (χ0n) is 9.25. The van der Waals surface area contributed by atoms with E-state index in [4.69, 9.17) is 5.73 Å². The summed E-state index contributed by atoms with van der Waals surface area (Å²) in [6.07, 6.45) is 4.84. The third-order valence-electron chi connectivity index (χ3n) is 2.61. The summed E-state index contributed by atoms with van der Waals surface area (Å²) in [5, 5.41) is 0. The fourth-order valence-electron chi connectivity index (χ4n) is 1.56. The van der Waals surface area contributed by atoms with Crippen molar-refractivity contribution in [2.24, 2.45) is 11.7 Å². The van der Waals surface area contributed by atoms with E-state index in [9.17, 15) is 0 Å². The largest absolute Gasteiger partial charge is 0.330 e. The molecular weight excluding hydrogens is 190 g/mol. The van der Waals surface area contributed by atoms with E-state index < -0.39 is 0 Å². The van der Waals surface area contributed by atoms with E-state index in [0.717, 1.165) is 18.9 Å². The summed E-state index contributed by atoms with van der Waals surface area (Å²) in [5.41, 5.74) is 5.53. The van der Waals surface area contributed by atoms with Crippen LogP contribution in [0.2, 0.25) is 0 Å². The first-order chi connectivity index (χ1) is 6.76. The fraction of sp³-hybridized carbons (Fsp3) is 0.667. The Labute approximate surface area is 91.3 Å². The van der Waals surface area contributed by atoms with Crippen molar-refractivity contribution in [1.29, 1.82) is 0 Å². The molecule has 0 aromatic carbocycles. The number of hydrogen-bond donors (Lipinski definition) is 1. The van der Waals surface area contributed by atoms with Crippen LogP contribution in [0.25, 0.3) is 0 Å². The molecule has 0 amide bonds. The lowest BCUT2D eigenvalue weighted by Gasteiger charge is -2.07. The summed E-state index contributed by atoms with van der Waals surface area (Å²) < 4.78 is 0. The van der Waals surface area contributed by atoms with Gasteiger partial charge in [0, 0.05) is 9.75 Å². The van der Waals surface area contributed by atoms with Gasteiger partial charge in [-0.25, -0.2) is 0 Å². The predicted octanol–water partition coefficient (Wildman–Crippen LogP) is 3.23. The molecule has 0 bridgehead atoms. The van der Waals surface area contributed by atoms with Gasteiger partial charge in [0.1, 0.15) is 0 Å². The fourth-order valence-corrected chi connectivity index (χ4v) is 2.54. The molecule has 0 saturated heterocycles. The first kappa shape index (κ1) is 11.7. The molecule has 0 saturated carbocycles. The first-order valence-corrected chi connectivity index (χ1v) is 6.35. The van der Waals surface area contributed by atoms with Crippen LogP contribution in [0, 0.1) is 5.92 Å². The van der Waals surface area contributed by atoms with Crippen LogP contribution in [0.15, 0.2) is 12.1 Å². The van der Waals surface area contributed by atoms with Gasteiger partial charge in [-0.15, -0.1) is 11.3 Å². The summed E-state index contributed by atoms with van der Waals surface area (Å²) in [7, 11) is 0. The Morgan fingerprint density at radius 2 is 2.00 bits per heavy atom. The van der Waals surface area contributed by atoms with Crippen molar-refractivity contribution in [2.45, 2.75) is 39.5 Å².